The molecule has 0 bridgehead atoms. The summed E-state index contributed by atoms with van der Waals surface area (Å²) in [4.78, 5) is 31.1. The van der Waals surface area contributed by atoms with E-state index in [-0.39, 0.29) is 24.2 Å². The van der Waals surface area contributed by atoms with Crippen LogP contribution in [-0.2, 0) is 20.1 Å². The maximum atomic E-state index is 14.3. The molecule has 0 radical (unpaired) electrons. The molecule has 1 fully saturated rings. The fourth-order valence-electron chi connectivity index (χ4n) is 4.80. The molecule has 43 heavy (non-hydrogen) atoms. The Morgan fingerprint density at radius 1 is 1.12 bits per heavy atom. The van der Waals surface area contributed by atoms with Crippen LogP contribution < -0.4 is 16.2 Å². The van der Waals surface area contributed by atoms with E-state index in [1.165, 1.54) is 24.5 Å². The second kappa shape index (κ2) is 12.1. The Morgan fingerprint density at radius 3 is 2.53 bits per heavy atom. The average Bonchev–Trinajstić information content (AvgIpc) is 3.69. The molecule has 1 aliphatic carbocycles. The summed E-state index contributed by atoms with van der Waals surface area (Å²) in [6.07, 6.45) is -0.247. The number of hydrogen-bond acceptors (Lipinski definition) is 6. The second-order valence-electron chi connectivity index (χ2n) is 11.2. The predicted molar refractivity (Wildman–Crippen MR) is 153 cm³/mol. The molecule has 226 valence electrons. The van der Waals surface area contributed by atoms with Crippen LogP contribution in [0.4, 0.5) is 23.4 Å². The zero-order valence-corrected chi connectivity index (χ0v) is 23.9. The normalized spacial score (nSPS) is 13.5. The third kappa shape index (κ3) is 7.34. The van der Waals surface area contributed by atoms with E-state index in [2.05, 4.69) is 25.8 Å². The van der Waals surface area contributed by atoms with Crippen molar-refractivity contribution in [2.75, 3.05) is 11.9 Å². The number of carbonyl (C=O) groups is 1. The van der Waals surface area contributed by atoms with Crippen molar-refractivity contribution in [2.24, 2.45) is 13.0 Å². The highest BCUT2D eigenvalue weighted by atomic mass is 19.4. The highest BCUT2D eigenvalue weighted by Gasteiger charge is 2.30. The lowest BCUT2D eigenvalue weighted by Crippen LogP contribution is -2.34. The van der Waals surface area contributed by atoms with E-state index in [1.54, 1.807) is 23.7 Å². The van der Waals surface area contributed by atoms with Gasteiger partial charge in [0.1, 0.15) is 30.1 Å². The third-order valence-electron chi connectivity index (χ3n) is 6.95. The second-order valence-corrected chi connectivity index (χ2v) is 11.2. The number of anilines is 1. The Morgan fingerprint density at radius 2 is 1.88 bits per heavy atom. The third-order valence-corrected chi connectivity index (χ3v) is 6.95. The van der Waals surface area contributed by atoms with Crippen LogP contribution in [0, 0.1) is 11.7 Å². The molecule has 0 saturated heterocycles. The summed E-state index contributed by atoms with van der Waals surface area (Å²) < 4.78 is 56.4. The molecule has 1 amide bonds. The molecule has 1 aliphatic rings. The average molecular weight is 598 g/mol. The van der Waals surface area contributed by atoms with Crippen LogP contribution in [0.1, 0.15) is 54.2 Å². The number of carbonyl (C=O) groups excluding carboxylic acids is 1. The van der Waals surface area contributed by atoms with Gasteiger partial charge >= 0.3 is 6.18 Å². The number of aromatic nitrogens is 5. The van der Waals surface area contributed by atoms with Crippen molar-refractivity contribution in [3.8, 4) is 22.5 Å². The van der Waals surface area contributed by atoms with Crippen molar-refractivity contribution in [1.29, 1.82) is 0 Å². The van der Waals surface area contributed by atoms with Gasteiger partial charge in [-0.3, -0.25) is 9.59 Å². The van der Waals surface area contributed by atoms with Crippen LogP contribution in [0.15, 0.2) is 53.7 Å². The number of alkyl halides is 3. The van der Waals surface area contributed by atoms with Crippen LogP contribution in [0.3, 0.4) is 0 Å². The van der Waals surface area contributed by atoms with Gasteiger partial charge in [0, 0.05) is 37.0 Å². The van der Waals surface area contributed by atoms with Crippen molar-refractivity contribution < 1.29 is 22.4 Å². The molecule has 0 atom stereocenters. The molecule has 13 heteroatoms. The van der Waals surface area contributed by atoms with E-state index in [4.69, 9.17) is 0 Å². The predicted octanol–water partition coefficient (Wildman–Crippen LogP) is 5.28. The quantitative estimate of drug-likeness (QED) is 0.241. The molecule has 0 aliphatic heterocycles. The minimum Gasteiger partial charge on any atom is -0.317 e. The molecule has 3 heterocycles. The molecule has 1 aromatic carbocycles. The fourth-order valence-corrected chi connectivity index (χ4v) is 4.80. The smallest absolute Gasteiger partial charge is 0.317 e. The van der Waals surface area contributed by atoms with Crippen LogP contribution in [0.5, 0.6) is 0 Å². The number of aryl methyl sites for hydroxylation is 1. The summed E-state index contributed by atoms with van der Waals surface area (Å²) in [6, 6.07) is 9.00. The van der Waals surface area contributed by atoms with Gasteiger partial charge < -0.3 is 19.8 Å². The highest BCUT2D eigenvalue weighted by Crippen LogP contribution is 2.42. The standard InChI is InChI=1S/C30H31F4N7O2/c1-17(2)12-35-13-18-8-24(29(43)41(14-18)15-30(32,33)34)28(42)38-26-10-20(9-25(37-26)19-4-5-19)22-7-6-21(31)11-23(22)27-39-36-16-40(27)3/h6-11,14,16-17,19,35H,4-5,12-13,15H2,1-3H3,(H,37,38,42). The Labute approximate surface area is 245 Å². The molecular formula is C30H31F4N7O2. The van der Waals surface area contributed by atoms with Crippen molar-refractivity contribution in [3.05, 3.63) is 81.9 Å². The summed E-state index contributed by atoms with van der Waals surface area (Å²) in [5.41, 5.74) is 1.26. The van der Waals surface area contributed by atoms with Crippen LogP contribution in [0.2, 0.25) is 0 Å². The minimum atomic E-state index is -4.66. The van der Waals surface area contributed by atoms with Gasteiger partial charge in [-0.1, -0.05) is 19.9 Å². The molecule has 0 unspecified atom stereocenters. The molecule has 9 nitrogen and oxygen atoms in total. The van der Waals surface area contributed by atoms with Crippen molar-refractivity contribution >= 4 is 11.7 Å². The van der Waals surface area contributed by atoms with Gasteiger partial charge in [0.15, 0.2) is 5.82 Å². The first kappa shape index (κ1) is 30.1. The molecule has 2 N–H and O–H groups in total. The number of halogens is 4. The SMILES string of the molecule is CC(C)CNCc1cc(C(=O)Nc2cc(-c3ccc(F)cc3-c3nncn3C)cc(C3CC3)n2)c(=O)n(CC(F)(F)F)c1. The topological polar surface area (TPSA) is 107 Å². The van der Waals surface area contributed by atoms with Crippen LogP contribution in [0.25, 0.3) is 22.5 Å². The van der Waals surface area contributed by atoms with Crippen molar-refractivity contribution in [2.45, 2.75) is 51.9 Å². The van der Waals surface area contributed by atoms with E-state index in [0.717, 1.165) is 19.0 Å². The van der Waals surface area contributed by atoms with Crippen molar-refractivity contribution in [1.82, 2.24) is 29.6 Å². The van der Waals surface area contributed by atoms with E-state index >= 15 is 0 Å². The molecule has 4 aromatic rings. The van der Waals surface area contributed by atoms with Gasteiger partial charge in [-0.2, -0.15) is 13.2 Å². The maximum Gasteiger partial charge on any atom is 0.406 e. The van der Waals surface area contributed by atoms with Crippen molar-refractivity contribution in [3.63, 3.8) is 0 Å². The van der Waals surface area contributed by atoms with Gasteiger partial charge in [0.05, 0.1) is 0 Å². The summed E-state index contributed by atoms with van der Waals surface area (Å²) in [5, 5.41) is 13.8. The van der Waals surface area contributed by atoms with Gasteiger partial charge in [-0.25, -0.2) is 9.37 Å². The lowest BCUT2D eigenvalue weighted by atomic mass is 9.98. The van der Waals surface area contributed by atoms with Crippen LogP contribution in [-0.4, -0.2) is 42.9 Å². The van der Waals surface area contributed by atoms with Gasteiger partial charge in [-0.05, 0) is 72.3 Å². The number of benzene rings is 1. The first-order valence-corrected chi connectivity index (χ1v) is 13.9. The highest BCUT2D eigenvalue weighted by molar-refractivity contribution is 6.04. The summed E-state index contributed by atoms with van der Waals surface area (Å²) >= 11 is 0. The summed E-state index contributed by atoms with van der Waals surface area (Å²) in [6.45, 7) is 3.20. The van der Waals surface area contributed by atoms with E-state index in [1.807, 2.05) is 19.9 Å². The van der Waals surface area contributed by atoms with E-state index < -0.39 is 35.6 Å². The van der Waals surface area contributed by atoms with E-state index in [9.17, 15) is 27.2 Å². The largest absolute Gasteiger partial charge is 0.406 e. The Balaban J connectivity index is 1.53. The molecular weight excluding hydrogens is 566 g/mol. The number of pyridine rings is 2. The number of nitrogens with zero attached hydrogens (tertiary/aromatic N) is 5. The monoisotopic (exact) mass is 597 g/mol. The molecule has 0 spiro atoms. The number of amides is 1. The fraction of sp³-hybridized carbons (Fsp3) is 0.367. The Hall–Kier alpha value is -4.39. The first-order valence-electron chi connectivity index (χ1n) is 13.9. The maximum absolute atomic E-state index is 14.3. The summed E-state index contributed by atoms with van der Waals surface area (Å²) in [7, 11) is 1.73. The zero-order chi connectivity index (χ0) is 30.9. The molecule has 5 rings (SSSR count). The number of nitrogens with one attached hydrogen (secondary N) is 2. The Kier molecular flexibility index (Phi) is 8.45. The molecule has 1 saturated carbocycles. The van der Waals surface area contributed by atoms with Gasteiger partial charge in [-0.15, -0.1) is 10.2 Å². The number of hydrogen-bond donors (Lipinski definition) is 2. The van der Waals surface area contributed by atoms with E-state index in [0.29, 0.717) is 44.9 Å². The Bertz CT molecular complexity index is 1710. The lowest BCUT2D eigenvalue weighted by molar-refractivity contribution is -0.141. The van der Waals surface area contributed by atoms with Gasteiger partial charge in [0.25, 0.3) is 11.5 Å². The van der Waals surface area contributed by atoms with Crippen LogP contribution >= 0.6 is 0 Å². The number of rotatable bonds is 10. The van der Waals surface area contributed by atoms with Gasteiger partial charge in [0.2, 0.25) is 0 Å². The zero-order valence-electron chi connectivity index (χ0n) is 23.9. The summed E-state index contributed by atoms with van der Waals surface area (Å²) in [5.74, 6) is -0.358. The minimum absolute atomic E-state index is 0.114. The molecule has 3 aromatic heterocycles. The lowest BCUT2D eigenvalue weighted by Gasteiger charge is -2.15. The first-order chi connectivity index (χ1) is 20.4.